The number of rotatable bonds is 4. The minimum atomic E-state index is -0.197. The molecule has 0 radical (unpaired) electrons. The Morgan fingerprint density at radius 2 is 2.04 bits per heavy atom. The van der Waals surface area contributed by atoms with E-state index in [2.05, 4.69) is 10.3 Å². The maximum Gasteiger partial charge on any atom is 0.263 e. The maximum absolute atomic E-state index is 12.4. The lowest BCUT2D eigenvalue weighted by Gasteiger charge is -2.05. The number of phenolic OH excluding ortho intramolecular Hbond substituents is 1. The summed E-state index contributed by atoms with van der Waals surface area (Å²) in [5, 5.41) is 13.3. The molecule has 1 amide bonds. The number of amides is 1. The number of aromatic hydroxyl groups is 1. The van der Waals surface area contributed by atoms with Gasteiger partial charge in [-0.25, -0.2) is 4.98 Å². The van der Waals surface area contributed by atoms with Crippen LogP contribution in [0.3, 0.4) is 0 Å². The summed E-state index contributed by atoms with van der Waals surface area (Å²) in [6.07, 6.45) is 0. The number of phenols is 1. The van der Waals surface area contributed by atoms with Crippen LogP contribution in [0.5, 0.6) is 5.75 Å². The van der Waals surface area contributed by atoms with Crippen molar-refractivity contribution in [3.05, 3.63) is 56.9 Å². The minimum Gasteiger partial charge on any atom is -0.508 e. The number of thiophene rings is 1. The van der Waals surface area contributed by atoms with E-state index in [1.54, 1.807) is 18.2 Å². The van der Waals surface area contributed by atoms with Crippen LogP contribution in [-0.4, -0.2) is 16.0 Å². The number of thiazole rings is 1. The molecule has 1 aromatic carbocycles. The van der Waals surface area contributed by atoms with Gasteiger partial charge in [0.25, 0.3) is 5.91 Å². The molecule has 2 heterocycles. The predicted molar refractivity (Wildman–Crippen MR) is 94.5 cm³/mol. The van der Waals surface area contributed by atoms with Crippen molar-refractivity contribution in [1.82, 2.24) is 10.3 Å². The molecule has 23 heavy (non-hydrogen) atoms. The first kappa shape index (κ1) is 16.0. The van der Waals surface area contributed by atoms with Gasteiger partial charge in [-0.15, -0.1) is 22.7 Å². The van der Waals surface area contributed by atoms with Crippen molar-refractivity contribution >= 4 is 40.2 Å². The van der Waals surface area contributed by atoms with E-state index in [0.29, 0.717) is 20.5 Å². The van der Waals surface area contributed by atoms with Crippen molar-refractivity contribution in [3.63, 3.8) is 0 Å². The van der Waals surface area contributed by atoms with Gasteiger partial charge in [0.05, 0.1) is 14.9 Å². The van der Waals surface area contributed by atoms with E-state index in [0.717, 1.165) is 9.88 Å². The van der Waals surface area contributed by atoms with Gasteiger partial charge in [-0.3, -0.25) is 4.79 Å². The Morgan fingerprint density at radius 1 is 1.26 bits per heavy atom. The lowest BCUT2D eigenvalue weighted by molar-refractivity contribution is 0.0954. The van der Waals surface area contributed by atoms with Gasteiger partial charge in [0.2, 0.25) is 0 Å². The fraction of sp³-hybridized carbons (Fsp3) is 0.125. The summed E-state index contributed by atoms with van der Waals surface area (Å²) in [5.74, 6) is -0.0279. The lowest BCUT2D eigenvalue weighted by Crippen LogP contribution is -2.22. The third kappa shape index (κ3) is 3.55. The highest BCUT2D eigenvalue weighted by molar-refractivity contribution is 7.24. The van der Waals surface area contributed by atoms with E-state index < -0.39 is 0 Å². The van der Waals surface area contributed by atoms with Gasteiger partial charge in [-0.05, 0) is 25.1 Å². The van der Waals surface area contributed by atoms with Crippen LogP contribution in [0.25, 0.3) is 9.88 Å². The van der Waals surface area contributed by atoms with Crippen molar-refractivity contribution in [2.75, 3.05) is 0 Å². The summed E-state index contributed by atoms with van der Waals surface area (Å²) >= 11 is 8.72. The Bertz CT molecular complexity index is 857. The van der Waals surface area contributed by atoms with Gasteiger partial charge in [-0.2, -0.15) is 0 Å². The molecule has 0 atom stereocenters. The Morgan fingerprint density at radius 3 is 2.74 bits per heavy atom. The Balaban J connectivity index is 1.75. The largest absolute Gasteiger partial charge is 0.508 e. The maximum atomic E-state index is 12.4. The quantitative estimate of drug-likeness (QED) is 0.718. The average Bonchev–Trinajstić information content (AvgIpc) is 3.12. The van der Waals surface area contributed by atoms with E-state index in [9.17, 15) is 9.90 Å². The number of carbonyl (C=O) groups excluding carboxylic acids is 1. The second-order valence-electron chi connectivity index (χ2n) is 4.85. The molecule has 2 N–H and O–H groups in total. The lowest BCUT2D eigenvalue weighted by atomic mass is 10.2. The minimum absolute atomic E-state index is 0.169. The Hall–Kier alpha value is -1.89. The Kier molecular flexibility index (Phi) is 4.66. The van der Waals surface area contributed by atoms with Crippen molar-refractivity contribution < 1.29 is 9.90 Å². The van der Waals surface area contributed by atoms with Crippen LogP contribution in [0.15, 0.2) is 36.4 Å². The summed E-state index contributed by atoms with van der Waals surface area (Å²) in [6, 6.07) is 10.6. The number of aryl methyl sites for hydroxylation is 1. The van der Waals surface area contributed by atoms with Crippen LogP contribution in [-0.2, 0) is 6.54 Å². The fourth-order valence-electron chi connectivity index (χ4n) is 2.06. The number of benzene rings is 1. The first-order chi connectivity index (χ1) is 11.0. The van der Waals surface area contributed by atoms with E-state index in [1.807, 2.05) is 25.1 Å². The van der Waals surface area contributed by atoms with Gasteiger partial charge in [0.1, 0.15) is 15.6 Å². The third-order valence-electron chi connectivity index (χ3n) is 3.22. The smallest absolute Gasteiger partial charge is 0.263 e. The number of hydrogen-bond donors (Lipinski definition) is 2. The molecule has 3 rings (SSSR count). The van der Waals surface area contributed by atoms with Crippen molar-refractivity contribution in [2.24, 2.45) is 0 Å². The van der Waals surface area contributed by atoms with Crippen molar-refractivity contribution in [1.29, 1.82) is 0 Å². The summed E-state index contributed by atoms with van der Waals surface area (Å²) in [5.41, 5.74) is 1.36. The van der Waals surface area contributed by atoms with E-state index in [-0.39, 0.29) is 18.2 Å². The SMILES string of the molecule is Cc1nc(-c2ccc(Cl)s2)sc1C(=O)NCc1ccccc1O. The standard InChI is InChI=1S/C16H13ClN2O2S2/c1-9-14(23-16(19-9)12-6-7-13(17)22-12)15(21)18-8-10-4-2-3-5-11(10)20/h2-7,20H,8H2,1H3,(H,18,21). The molecule has 0 bridgehead atoms. The first-order valence-electron chi connectivity index (χ1n) is 6.83. The molecule has 4 nitrogen and oxygen atoms in total. The van der Waals surface area contributed by atoms with E-state index in [4.69, 9.17) is 11.6 Å². The van der Waals surface area contributed by atoms with Crippen LogP contribution in [0.1, 0.15) is 20.9 Å². The normalized spacial score (nSPS) is 10.7. The van der Waals surface area contributed by atoms with Crippen LogP contribution >= 0.6 is 34.3 Å². The molecule has 0 saturated carbocycles. The summed E-state index contributed by atoms with van der Waals surface area (Å²) in [6.45, 7) is 2.08. The number of carbonyl (C=O) groups is 1. The number of halogens is 1. The first-order valence-corrected chi connectivity index (χ1v) is 8.84. The molecule has 0 aliphatic carbocycles. The highest BCUT2D eigenvalue weighted by Gasteiger charge is 2.17. The second kappa shape index (κ2) is 6.70. The highest BCUT2D eigenvalue weighted by atomic mass is 35.5. The zero-order valence-electron chi connectivity index (χ0n) is 12.2. The zero-order valence-corrected chi connectivity index (χ0v) is 14.6. The van der Waals surface area contributed by atoms with Crippen LogP contribution in [0.2, 0.25) is 4.34 Å². The molecule has 0 spiro atoms. The zero-order chi connectivity index (χ0) is 16.4. The third-order valence-corrected chi connectivity index (χ3v) is 5.77. The van der Waals surface area contributed by atoms with Gasteiger partial charge < -0.3 is 10.4 Å². The molecule has 0 unspecified atom stereocenters. The van der Waals surface area contributed by atoms with Crippen LogP contribution in [0.4, 0.5) is 0 Å². The second-order valence-corrected chi connectivity index (χ2v) is 7.56. The van der Waals surface area contributed by atoms with Crippen molar-refractivity contribution in [3.8, 4) is 15.6 Å². The van der Waals surface area contributed by atoms with Gasteiger partial charge >= 0.3 is 0 Å². The molecular formula is C16H13ClN2O2S2. The summed E-state index contributed by atoms with van der Waals surface area (Å²) in [4.78, 5) is 18.3. The average molecular weight is 365 g/mol. The number of nitrogens with one attached hydrogen (secondary N) is 1. The molecule has 2 aromatic heterocycles. The monoisotopic (exact) mass is 364 g/mol. The highest BCUT2D eigenvalue weighted by Crippen LogP contribution is 2.34. The molecule has 0 aliphatic heterocycles. The van der Waals surface area contributed by atoms with Gasteiger partial charge in [0, 0.05) is 12.1 Å². The fourth-order valence-corrected chi connectivity index (χ4v) is 4.14. The molecule has 3 aromatic rings. The van der Waals surface area contributed by atoms with Gasteiger partial charge in [0.15, 0.2) is 0 Å². The molecule has 0 fully saturated rings. The molecule has 7 heteroatoms. The van der Waals surface area contributed by atoms with Crippen LogP contribution in [0, 0.1) is 6.92 Å². The van der Waals surface area contributed by atoms with E-state index >= 15 is 0 Å². The van der Waals surface area contributed by atoms with E-state index in [1.165, 1.54) is 22.7 Å². The summed E-state index contributed by atoms with van der Waals surface area (Å²) < 4.78 is 0.693. The predicted octanol–water partition coefficient (Wildman–Crippen LogP) is 4.47. The molecular weight excluding hydrogens is 352 g/mol. The topological polar surface area (TPSA) is 62.2 Å². The number of aromatic nitrogens is 1. The molecule has 118 valence electrons. The molecule has 0 saturated heterocycles. The number of para-hydroxylation sites is 1. The van der Waals surface area contributed by atoms with Crippen molar-refractivity contribution in [2.45, 2.75) is 13.5 Å². The molecule has 0 aliphatic rings. The van der Waals surface area contributed by atoms with Crippen LogP contribution < -0.4 is 5.32 Å². The summed E-state index contributed by atoms with van der Waals surface area (Å²) in [7, 11) is 0. The Labute approximate surface area is 146 Å². The number of hydrogen-bond acceptors (Lipinski definition) is 5. The number of nitrogens with zero attached hydrogens (tertiary/aromatic N) is 1. The van der Waals surface area contributed by atoms with Gasteiger partial charge in [-0.1, -0.05) is 29.8 Å².